The van der Waals surface area contributed by atoms with E-state index >= 15 is 0 Å². The molecule has 0 saturated carbocycles. The van der Waals surface area contributed by atoms with Crippen LogP contribution in [0, 0.1) is 0 Å². The summed E-state index contributed by atoms with van der Waals surface area (Å²) in [7, 11) is 3.19. The third kappa shape index (κ3) is 2.85. The number of ether oxygens (including phenoxy) is 3. The van der Waals surface area contributed by atoms with Crippen LogP contribution >= 0.6 is 0 Å². The molecule has 28 heavy (non-hydrogen) atoms. The average molecular weight is 385 g/mol. The zero-order chi connectivity index (χ0) is 20.0. The highest BCUT2D eigenvalue weighted by atomic mass is 16.5. The van der Waals surface area contributed by atoms with Crippen molar-refractivity contribution in [3.63, 3.8) is 0 Å². The van der Waals surface area contributed by atoms with Gasteiger partial charge in [-0.05, 0) is 42.5 Å². The van der Waals surface area contributed by atoms with Gasteiger partial charge in [0.15, 0.2) is 23.4 Å². The van der Waals surface area contributed by atoms with Gasteiger partial charge in [0.25, 0.3) is 0 Å². The van der Waals surface area contributed by atoms with Crippen LogP contribution in [0.4, 0.5) is 0 Å². The van der Waals surface area contributed by atoms with Crippen LogP contribution in [0.5, 0.6) is 11.5 Å². The van der Waals surface area contributed by atoms with Crippen LogP contribution in [-0.4, -0.2) is 49.3 Å². The molecule has 7 heteroatoms. The topological polar surface area (TPSA) is 82.1 Å². The number of nitrogens with zero attached hydrogens (tertiary/aromatic N) is 1. The van der Waals surface area contributed by atoms with Crippen LogP contribution in [0.3, 0.4) is 0 Å². The summed E-state index contributed by atoms with van der Waals surface area (Å²) in [6.45, 7) is 2.00. The number of carbonyl (C=O) groups excluding carboxylic acids is 3. The molecule has 3 aliphatic rings. The van der Waals surface area contributed by atoms with Crippen molar-refractivity contribution in [2.75, 3.05) is 20.8 Å². The van der Waals surface area contributed by atoms with Crippen LogP contribution in [0.2, 0.25) is 0 Å². The zero-order valence-electron chi connectivity index (χ0n) is 16.2. The van der Waals surface area contributed by atoms with E-state index in [9.17, 15) is 14.4 Å². The first-order valence-corrected chi connectivity index (χ1v) is 9.43. The molecule has 1 aliphatic carbocycles. The summed E-state index contributed by atoms with van der Waals surface area (Å²) in [6, 6.07) is 3.80. The predicted molar refractivity (Wildman–Crippen MR) is 99.1 cm³/mol. The van der Waals surface area contributed by atoms with Gasteiger partial charge in [0.05, 0.1) is 25.8 Å². The van der Waals surface area contributed by atoms with Crippen LogP contribution in [-0.2, 0) is 25.5 Å². The Kier molecular flexibility index (Phi) is 4.61. The van der Waals surface area contributed by atoms with Gasteiger partial charge >= 0.3 is 5.97 Å². The standard InChI is InChI=1S/C21H23NO6/c1-11(23)28-17-5-4-14-20(21(17)25)16(24)10-15-13-9-19(27-3)18(26-2)8-12(13)6-7-22(14)15/h8-9,15,17H,4-7,10H2,1-3H3/t15-,17-/m0/s1. The summed E-state index contributed by atoms with van der Waals surface area (Å²) in [5.41, 5.74) is 3.18. The van der Waals surface area contributed by atoms with E-state index in [-0.39, 0.29) is 29.6 Å². The molecule has 7 nitrogen and oxygen atoms in total. The highest BCUT2D eigenvalue weighted by molar-refractivity contribution is 6.23. The number of fused-ring (bicyclic) bond motifs is 4. The SMILES string of the molecule is COc1cc2c(cc1OC)[C@@H]1CC(=O)C3=C(CC[C@H](OC(C)=O)C3=O)N1CC2. The predicted octanol–water partition coefficient (Wildman–Crippen LogP) is 2.12. The van der Waals surface area contributed by atoms with Gasteiger partial charge in [0.1, 0.15) is 0 Å². The van der Waals surface area contributed by atoms with Gasteiger partial charge < -0.3 is 19.1 Å². The molecule has 0 unspecified atom stereocenters. The smallest absolute Gasteiger partial charge is 0.303 e. The maximum atomic E-state index is 12.9. The van der Waals surface area contributed by atoms with E-state index in [1.807, 2.05) is 12.1 Å². The highest BCUT2D eigenvalue weighted by Gasteiger charge is 2.44. The summed E-state index contributed by atoms with van der Waals surface area (Å²) in [4.78, 5) is 39.1. The van der Waals surface area contributed by atoms with Gasteiger partial charge in [-0.3, -0.25) is 14.4 Å². The summed E-state index contributed by atoms with van der Waals surface area (Å²) in [5, 5.41) is 0. The second-order valence-electron chi connectivity index (χ2n) is 7.32. The maximum absolute atomic E-state index is 12.9. The number of ketones is 2. The lowest BCUT2D eigenvalue weighted by molar-refractivity contribution is -0.153. The van der Waals surface area contributed by atoms with Crippen molar-refractivity contribution in [2.45, 2.75) is 44.8 Å². The molecular formula is C21H23NO6. The lowest BCUT2D eigenvalue weighted by Crippen LogP contribution is -2.46. The number of carbonyl (C=O) groups is 3. The van der Waals surface area contributed by atoms with E-state index in [1.165, 1.54) is 6.92 Å². The van der Waals surface area contributed by atoms with Crippen molar-refractivity contribution in [3.8, 4) is 11.5 Å². The van der Waals surface area contributed by atoms with Crippen molar-refractivity contribution in [1.29, 1.82) is 0 Å². The molecule has 0 aromatic heterocycles. The Balaban J connectivity index is 1.72. The van der Waals surface area contributed by atoms with E-state index in [4.69, 9.17) is 14.2 Å². The quantitative estimate of drug-likeness (QED) is 0.582. The van der Waals surface area contributed by atoms with E-state index in [0.717, 1.165) is 29.8 Å². The minimum Gasteiger partial charge on any atom is -0.493 e. The second-order valence-corrected chi connectivity index (χ2v) is 7.32. The third-order valence-electron chi connectivity index (χ3n) is 5.79. The van der Waals surface area contributed by atoms with Crippen molar-refractivity contribution in [1.82, 2.24) is 4.90 Å². The Hall–Kier alpha value is -2.83. The molecule has 0 amide bonds. The Labute approximate surface area is 163 Å². The lowest BCUT2D eigenvalue weighted by Gasteiger charge is -2.45. The Morgan fingerprint density at radius 3 is 2.50 bits per heavy atom. The minimum absolute atomic E-state index is 0.118. The summed E-state index contributed by atoms with van der Waals surface area (Å²) in [6.07, 6.45) is 1.12. The molecule has 2 aliphatic heterocycles. The Morgan fingerprint density at radius 1 is 1.11 bits per heavy atom. The van der Waals surface area contributed by atoms with Gasteiger partial charge in [-0.15, -0.1) is 0 Å². The van der Waals surface area contributed by atoms with Crippen molar-refractivity contribution in [3.05, 3.63) is 34.5 Å². The fourth-order valence-corrected chi connectivity index (χ4v) is 4.57. The zero-order valence-corrected chi connectivity index (χ0v) is 16.2. The molecule has 1 aromatic carbocycles. The van der Waals surface area contributed by atoms with Gasteiger partial charge in [-0.1, -0.05) is 0 Å². The van der Waals surface area contributed by atoms with Gasteiger partial charge in [-0.25, -0.2) is 0 Å². The number of benzene rings is 1. The molecule has 0 spiro atoms. The molecular weight excluding hydrogens is 362 g/mol. The third-order valence-corrected chi connectivity index (χ3v) is 5.79. The summed E-state index contributed by atoms with van der Waals surface area (Å²) >= 11 is 0. The molecule has 2 atom stereocenters. The van der Waals surface area contributed by atoms with Crippen LogP contribution in [0.15, 0.2) is 23.4 Å². The number of rotatable bonds is 3. The first kappa shape index (κ1) is 18.5. The number of methoxy groups -OCH3 is 2. The fourth-order valence-electron chi connectivity index (χ4n) is 4.57. The average Bonchev–Trinajstić information content (AvgIpc) is 2.68. The van der Waals surface area contributed by atoms with Gasteiger partial charge in [0, 0.05) is 25.6 Å². The lowest BCUT2D eigenvalue weighted by atomic mass is 9.79. The molecule has 2 heterocycles. The summed E-state index contributed by atoms with van der Waals surface area (Å²) < 4.78 is 16.0. The van der Waals surface area contributed by atoms with E-state index < -0.39 is 12.1 Å². The highest BCUT2D eigenvalue weighted by Crippen LogP contribution is 2.46. The minimum atomic E-state index is -0.849. The van der Waals surface area contributed by atoms with E-state index in [1.54, 1.807) is 14.2 Å². The molecule has 4 rings (SSSR count). The van der Waals surface area contributed by atoms with Crippen LogP contribution in [0.1, 0.15) is 43.4 Å². The van der Waals surface area contributed by atoms with Gasteiger partial charge in [0.2, 0.25) is 5.78 Å². The molecule has 0 N–H and O–H groups in total. The first-order chi connectivity index (χ1) is 13.4. The maximum Gasteiger partial charge on any atom is 0.303 e. The first-order valence-electron chi connectivity index (χ1n) is 9.43. The number of Topliss-reactive ketones (excluding diaryl/α,β-unsaturated/α-hetero) is 2. The van der Waals surface area contributed by atoms with E-state index in [0.29, 0.717) is 24.3 Å². The Bertz CT molecular complexity index is 902. The normalized spacial score (nSPS) is 23.6. The molecule has 0 radical (unpaired) electrons. The molecule has 0 fully saturated rings. The Morgan fingerprint density at radius 2 is 1.82 bits per heavy atom. The number of hydrogen-bond donors (Lipinski definition) is 0. The van der Waals surface area contributed by atoms with Crippen LogP contribution in [0.25, 0.3) is 0 Å². The van der Waals surface area contributed by atoms with E-state index in [2.05, 4.69) is 4.90 Å². The van der Waals surface area contributed by atoms with Gasteiger partial charge in [-0.2, -0.15) is 0 Å². The molecule has 1 aromatic rings. The van der Waals surface area contributed by atoms with Crippen molar-refractivity contribution >= 4 is 17.5 Å². The van der Waals surface area contributed by atoms with Crippen molar-refractivity contribution < 1.29 is 28.6 Å². The molecule has 0 bridgehead atoms. The fraction of sp³-hybridized carbons (Fsp3) is 0.476. The number of allylic oxidation sites excluding steroid dienone is 1. The summed E-state index contributed by atoms with van der Waals surface area (Å²) in [5.74, 6) is 0.258. The largest absolute Gasteiger partial charge is 0.493 e. The van der Waals surface area contributed by atoms with Crippen LogP contribution < -0.4 is 9.47 Å². The molecule has 0 saturated heterocycles. The number of hydrogen-bond acceptors (Lipinski definition) is 7. The monoisotopic (exact) mass is 385 g/mol. The second kappa shape index (κ2) is 6.96. The molecule has 148 valence electrons. The van der Waals surface area contributed by atoms with Crippen molar-refractivity contribution in [2.24, 2.45) is 0 Å². The number of esters is 1.